The summed E-state index contributed by atoms with van der Waals surface area (Å²) in [5, 5.41) is 2.52. The van der Waals surface area contributed by atoms with Gasteiger partial charge in [0.1, 0.15) is 0 Å². The quantitative estimate of drug-likeness (QED) is 0.844. The number of anilines is 1. The van der Waals surface area contributed by atoms with Crippen molar-refractivity contribution in [1.29, 1.82) is 0 Å². The predicted molar refractivity (Wildman–Crippen MR) is 91.3 cm³/mol. The van der Waals surface area contributed by atoms with E-state index in [1.807, 2.05) is 0 Å². The van der Waals surface area contributed by atoms with Crippen LogP contribution in [0.4, 0.5) is 5.69 Å². The van der Waals surface area contributed by atoms with Crippen molar-refractivity contribution in [2.24, 2.45) is 5.41 Å². The second-order valence-corrected chi connectivity index (χ2v) is 6.84. The number of hydrogen-bond acceptors (Lipinski definition) is 2. The van der Waals surface area contributed by atoms with E-state index in [0.717, 1.165) is 12.2 Å². The lowest BCUT2D eigenvalue weighted by Gasteiger charge is -2.39. The minimum absolute atomic E-state index is 0.547. The largest absolute Gasteiger partial charge is 0.398 e. The summed E-state index contributed by atoms with van der Waals surface area (Å²) in [6.07, 6.45) is 3.90. The first kappa shape index (κ1) is 14.4. The van der Waals surface area contributed by atoms with Gasteiger partial charge >= 0.3 is 0 Å². The maximum absolute atomic E-state index is 6.26. The summed E-state index contributed by atoms with van der Waals surface area (Å²) in [5.41, 5.74) is 9.00. The second-order valence-electron chi connectivity index (χ2n) is 6.84. The lowest BCUT2D eigenvalue weighted by Crippen LogP contribution is -2.38. The molecule has 2 N–H and O–H groups in total. The number of benzene rings is 2. The molecule has 1 aliphatic heterocycles. The zero-order valence-electron chi connectivity index (χ0n) is 13.2. The molecule has 3 rings (SSSR count). The molecular weight excluding hydrogens is 256 g/mol. The minimum Gasteiger partial charge on any atom is -0.398 e. The number of fused-ring (bicyclic) bond motifs is 1. The van der Waals surface area contributed by atoms with Gasteiger partial charge < -0.3 is 5.73 Å². The highest BCUT2D eigenvalue weighted by molar-refractivity contribution is 5.86. The van der Waals surface area contributed by atoms with Gasteiger partial charge in [-0.25, -0.2) is 0 Å². The van der Waals surface area contributed by atoms with Crippen molar-refractivity contribution in [3.8, 4) is 0 Å². The lowest BCUT2D eigenvalue weighted by atomic mass is 9.78. The van der Waals surface area contributed by atoms with Crippen LogP contribution in [0.1, 0.15) is 38.7 Å². The number of nitrogens with two attached hydrogens (primary N) is 1. The monoisotopic (exact) mass is 282 g/mol. The summed E-state index contributed by atoms with van der Waals surface area (Å²) in [4.78, 5) is 2.55. The molecule has 112 valence electrons. The van der Waals surface area contributed by atoms with Crippen LogP contribution in [-0.2, 0) is 6.54 Å². The van der Waals surface area contributed by atoms with Crippen molar-refractivity contribution in [2.75, 3.05) is 18.8 Å². The Labute approximate surface area is 127 Å². The molecule has 0 aromatic heterocycles. The summed E-state index contributed by atoms with van der Waals surface area (Å²) >= 11 is 0. The molecule has 0 bridgehead atoms. The molecular formula is C19H26N2. The Bertz CT molecular complexity index is 624. The van der Waals surface area contributed by atoms with Crippen LogP contribution < -0.4 is 5.73 Å². The highest BCUT2D eigenvalue weighted by Crippen LogP contribution is 2.34. The second kappa shape index (κ2) is 5.69. The molecule has 0 atom stereocenters. The summed E-state index contributed by atoms with van der Waals surface area (Å²) < 4.78 is 0. The van der Waals surface area contributed by atoms with Crippen LogP contribution in [0.15, 0.2) is 36.4 Å². The predicted octanol–water partition coefficient (Wildman–Crippen LogP) is 4.43. The highest BCUT2D eigenvalue weighted by atomic mass is 15.1. The topological polar surface area (TPSA) is 29.3 Å². The van der Waals surface area contributed by atoms with E-state index in [4.69, 9.17) is 5.73 Å². The van der Waals surface area contributed by atoms with Crippen LogP contribution in [0.2, 0.25) is 0 Å². The Balaban J connectivity index is 1.75. The van der Waals surface area contributed by atoms with Gasteiger partial charge in [0.05, 0.1) is 0 Å². The maximum Gasteiger partial charge on any atom is 0.0366 e. The zero-order chi connectivity index (χ0) is 14.9. The SMILES string of the molecule is CCC1(C)CCN(Cc2cc3ccccc3cc2N)CC1. The first-order valence-corrected chi connectivity index (χ1v) is 8.09. The Morgan fingerprint density at radius 1 is 1.10 bits per heavy atom. The van der Waals surface area contributed by atoms with Gasteiger partial charge in [0.2, 0.25) is 0 Å². The fourth-order valence-electron chi connectivity index (χ4n) is 3.29. The highest BCUT2D eigenvalue weighted by Gasteiger charge is 2.28. The smallest absolute Gasteiger partial charge is 0.0366 e. The molecule has 0 amide bonds. The van der Waals surface area contributed by atoms with Gasteiger partial charge in [-0.3, -0.25) is 4.90 Å². The number of nitrogens with zero attached hydrogens (tertiary/aromatic N) is 1. The number of hydrogen-bond donors (Lipinski definition) is 1. The number of rotatable bonds is 3. The van der Waals surface area contributed by atoms with Gasteiger partial charge in [0.15, 0.2) is 0 Å². The Morgan fingerprint density at radius 2 is 1.71 bits per heavy atom. The van der Waals surface area contributed by atoms with E-state index in [0.29, 0.717) is 5.41 Å². The van der Waals surface area contributed by atoms with Crippen LogP contribution in [0.3, 0.4) is 0 Å². The summed E-state index contributed by atoms with van der Waals surface area (Å²) in [7, 11) is 0. The van der Waals surface area contributed by atoms with Crippen LogP contribution in [0.5, 0.6) is 0 Å². The van der Waals surface area contributed by atoms with Crippen molar-refractivity contribution < 1.29 is 0 Å². The Kier molecular flexibility index (Phi) is 3.90. The van der Waals surface area contributed by atoms with Crippen molar-refractivity contribution in [3.05, 3.63) is 42.0 Å². The van der Waals surface area contributed by atoms with E-state index in [9.17, 15) is 0 Å². The minimum atomic E-state index is 0.547. The van der Waals surface area contributed by atoms with Crippen LogP contribution in [0.25, 0.3) is 10.8 Å². The van der Waals surface area contributed by atoms with Crippen molar-refractivity contribution in [1.82, 2.24) is 4.90 Å². The van der Waals surface area contributed by atoms with Gasteiger partial charge in [0.25, 0.3) is 0 Å². The van der Waals surface area contributed by atoms with Gasteiger partial charge in [-0.15, -0.1) is 0 Å². The number of piperidine rings is 1. The Hall–Kier alpha value is -1.54. The lowest BCUT2D eigenvalue weighted by molar-refractivity contribution is 0.110. The molecule has 1 heterocycles. The van der Waals surface area contributed by atoms with Gasteiger partial charge in [-0.1, -0.05) is 44.5 Å². The third-order valence-electron chi connectivity index (χ3n) is 5.32. The summed E-state index contributed by atoms with van der Waals surface area (Å²) in [6, 6.07) is 12.8. The van der Waals surface area contributed by atoms with E-state index in [1.165, 1.54) is 48.7 Å². The summed E-state index contributed by atoms with van der Waals surface area (Å²) in [6.45, 7) is 8.11. The van der Waals surface area contributed by atoms with E-state index in [2.05, 4.69) is 55.1 Å². The molecule has 0 radical (unpaired) electrons. The number of nitrogen functional groups attached to an aromatic ring is 1. The molecule has 0 aliphatic carbocycles. The Morgan fingerprint density at radius 3 is 2.33 bits per heavy atom. The van der Waals surface area contributed by atoms with E-state index in [1.54, 1.807) is 0 Å². The summed E-state index contributed by atoms with van der Waals surface area (Å²) in [5.74, 6) is 0. The van der Waals surface area contributed by atoms with Gasteiger partial charge in [-0.05, 0) is 59.8 Å². The first-order valence-electron chi connectivity index (χ1n) is 8.09. The molecule has 1 aliphatic rings. The molecule has 0 spiro atoms. The van der Waals surface area contributed by atoms with Crippen molar-refractivity contribution in [2.45, 2.75) is 39.7 Å². The van der Waals surface area contributed by atoms with Gasteiger partial charge in [-0.2, -0.15) is 0 Å². The molecule has 2 aromatic rings. The number of likely N-dealkylation sites (tertiary alicyclic amines) is 1. The first-order chi connectivity index (χ1) is 10.1. The van der Waals surface area contributed by atoms with E-state index < -0.39 is 0 Å². The molecule has 0 saturated carbocycles. The van der Waals surface area contributed by atoms with Crippen LogP contribution >= 0.6 is 0 Å². The molecule has 1 fully saturated rings. The zero-order valence-corrected chi connectivity index (χ0v) is 13.2. The fraction of sp³-hybridized carbons (Fsp3) is 0.474. The normalized spacial score (nSPS) is 19.0. The van der Waals surface area contributed by atoms with Crippen molar-refractivity contribution in [3.63, 3.8) is 0 Å². The molecule has 0 unspecified atom stereocenters. The third-order valence-corrected chi connectivity index (χ3v) is 5.32. The van der Waals surface area contributed by atoms with Gasteiger partial charge in [0, 0.05) is 12.2 Å². The average Bonchev–Trinajstić information content (AvgIpc) is 2.50. The molecule has 2 nitrogen and oxygen atoms in total. The molecule has 2 aromatic carbocycles. The van der Waals surface area contributed by atoms with Crippen molar-refractivity contribution >= 4 is 16.5 Å². The third kappa shape index (κ3) is 3.06. The van der Waals surface area contributed by atoms with Crippen LogP contribution in [0, 0.1) is 5.41 Å². The van der Waals surface area contributed by atoms with E-state index >= 15 is 0 Å². The standard InChI is InChI=1S/C19H26N2/c1-3-19(2)8-10-21(11-9-19)14-17-12-15-6-4-5-7-16(15)13-18(17)20/h4-7,12-13H,3,8-11,14,20H2,1-2H3. The fourth-order valence-corrected chi connectivity index (χ4v) is 3.29. The molecule has 2 heteroatoms. The molecule has 1 saturated heterocycles. The average molecular weight is 282 g/mol. The van der Waals surface area contributed by atoms with Crippen LogP contribution in [-0.4, -0.2) is 18.0 Å². The van der Waals surface area contributed by atoms with E-state index in [-0.39, 0.29) is 0 Å². The molecule has 21 heavy (non-hydrogen) atoms. The maximum atomic E-state index is 6.26.